The predicted octanol–water partition coefficient (Wildman–Crippen LogP) is -0.238. The Morgan fingerprint density at radius 1 is 1.53 bits per heavy atom. The largest absolute Gasteiger partial charge is 0.329 e. The van der Waals surface area contributed by atoms with E-state index in [9.17, 15) is 9.59 Å². The third-order valence-corrected chi connectivity index (χ3v) is 4.43. The predicted molar refractivity (Wildman–Crippen MR) is 70.1 cm³/mol. The van der Waals surface area contributed by atoms with Gasteiger partial charge in [-0.05, 0) is 12.8 Å². The maximum absolute atomic E-state index is 12.3. The molecule has 2 fully saturated rings. The maximum atomic E-state index is 12.3. The third kappa shape index (κ3) is 2.17. The lowest BCUT2D eigenvalue weighted by molar-refractivity contribution is -0.154. The van der Waals surface area contributed by atoms with Gasteiger partial charge in [-0.2, -0.15) is 0 Å². The normalized spacial score (nSPS) is 22.9. The van der Waals surface area contributed by atoms with Crippen LogP contribution in [0, 0.1) is 0 Å². The molecule has 1 aromatic heterocycles. The Hall–Kier alpha value is -1.67. The third-order valence-electron chi connectivity index (χ3n) is 3.52. The zero-order valence-corrected chi connectivity index (χ0v) is 11.2. The number of amides is 2. The van der Waals surface area contributed by atoms with Gasteiger partial charge in [0.05, 0.1) is 6.54 Å². The minimum Gasteiger partial charge on any atom is -0.329 e. The summed E-state index contributed by atoms with van der Waals surface area (Å²) in [6.45, 7) is 1.30. The first kappa shape index (κ1) is 12.4. The molecule has 0 spiro atoms. The van der Waals surface area contributed by atoms with Crippen LogP contribution in [0.3, 0.4) is 0 Å². The number of carbonyl (C=O) groups is 2. The molecule has 3 heterocycles. The molecule has 3 rings (SSSR count). The number of piperazine rings is 1. The summed E-state index contributed by atoms with van der Waals surface area (Å²) in [5.41, 5.74) is 2.47. The fourth-order valence-corrected chi connectivity index (χ4v) is 3.37. The van der Waals surface area contributed by atoms with Crippen LogP contribution in [-0.4, -0.2) is 45.7 Å². The van der Waals surface area contributed by atoms with Gasteiger partial charge in [0, 0.05) is 17.6 Å². The van der Waals surface area contributed by atoms with Crippen LogP contribution in [0.2, 0.25) is 0 Å². The van der Waals surface area contributed by atoms with Gasteiger partial charge in [-0.3, -0.25) is 15.0 Å². The van der Waals surface area contributed by atoms with Gasteiger partial charge in [-0.15, -0.1) is 0 Å². The minimum atomic E-state index is -0.249. The van der Waals surface area contributed by atoms with Crippen molar-refractivity contribution in [1.29, 1.82) is 0 Å². The van der Waals surface area contributed by atoms with E-state index >= 15 is 0 Å². The van der Waals surface area contributed by atoms with Gasteiger partial charge in [0.15, 0.2) is 5.13 Å². The summed E-state index contributed by atoms with van der Waals surface area (Å²) in [5, 5.41) is 0.605. The molecule has 2 aliphatic heterocycles. The van der Waals surface area contributed by atoms with E-state index in [-0.39, 0.29) is 24.4 Å². The molecule has 0 radical (unpaired) electrons. The number of rotatable bonds is 3. The number of nitrogens with zero attached hydrogens (tertiary/aromatic N) is 3. The molecule has 7 nitrogen and oxygen atoms in total. The molecule has 0 bridgehead atoms. The second-order valence-electron chi connectivity index (χ2n) is 4.72. The highest BCUT2D eigenvalue weighted by Gasteiger charge is 2.41. The number of thiazole rings is 1. The topological polar surface area (TPSA) is 91.6 Å². The summed E-state index contributed by atoms with van der Waals surface area (Å²) in [7, 11) is 0. The van der Waals surface area contributed by atoms with E-state index in [0.29, 0.717) is 18.2 Å². The molecule has 8 heteroatoms. The van der Waals surface area contributed by atoms with Crippen LogP contribution in [0.5, 0.6) is 0 Å². The lowest BCUT2D eigenvalue weighted by Crippen LogP contribution is -2.56. The number of fused-ring (bicyclic) bond motifs is 1. The molecule has 102 valence electrons. The van der Waals surface area contributed by atoms with Gasteiger partial charge < -0.3 is 9.80 Å². The molecule has 2 saturated heterocycles. The summed E-state index contributed by atoms with van der Waals surface area (Å²) < 4.78 is 0. The number of anilines is 1. The van der Waals surface area contributed by atoms with Crippen molar-refractivity contribution < 1.29 is 9.59 Å². The number of carbonyl (C=O) groups excluding carboxylic acids is 2. The van der Waals surface area contributed by atoms with Gasteiger partial charge in [-0.1, -0.05) is 11.3 Å². The van der Waals surface area contributed by atoms with Crippen molar-refractivity contribution in [3.05, 3.63) is 11.1 Å². The average molecular weight is 281 g/mol. The van der Waals surface area contributed by atoms with Gasteiger partial charge >= 0.3 is 0 Å². The Labute approximate surface area is 114 Å². The number of nitrogen functional groups attached to an aromatic ring is 1. The first-order chi connectivity index (χ1) is 9.19. The summed E-state index contributed by atoms with van der Waals surface area (Å²) in [6.07, 6.45) is 3.37. The van der Waals surface area contributed by atoms with Crippen molar-refractivity contribution >= 4 is 28.3 Å². The van der Waals surface area contributed by atoms with Crippen LogP contribution in [0.4, 0.5) is 5.13 Å². The van der Waals surface area contributed by atoms with Crippen molar-refractivity contribution in [3.63, 3.8) is 0 Å². The van der Waals surface area contributed by atoms with Crippen molar-refractivity contribution in [1.82, 2.24) is 14.8 Å². The van der Waals surface area contributed by atoms with E-state index in [1.54, 1.807) is 16.0 Å². The van der Waals surface area contributed by atoms with E-state index in [4.69, 9.17) is 5.84 Å². The number of nitrogens with one attached hydrogen (secondary N) is 1. The van der Waals surface area contributed by atoms with E-state index in [1.807, 2.05) is 0 Å². The zero-order chi connectivity index (χ0) is 13.4. The second-order valence-corrected chi connectivity index (χ2v) is 5.83. The molecule has 1 unspecified atom stereocenters. The van der Waals surface area contributed by atoms with Gasteiger partial charge in [0.1, 0.15) is 12.6 Å². The molecule has 1 atom stereocenters. The van der Waals surface area contributed by atoms with Crippen LogP contribution in [0.25, 0.3) is 0 Å². The number of nitrogens with two attached hydrogens (primary N) is 1. The first-order valence-electron chi connectivity index (χ1n) is 6.18. The second kappa shape index (κ2) is 4.78. The Balaban J connectivity index is 1.74. The lowest BCUT2D eigenvalue weighted by Gasteiger charge is -2.36. The molecule has 0 aromatic carbocycles. The quantitative estimate of drug-likeness (QED) is 0.589. The molecule has 19 heavy (non-hydrogen) atoms. The maximum Gasteiger partial charge on any atom is 0.246 e. The summed E-state index contributed by atoms with van der Waals surface area (Å²) in [6, 6.07) is -0.249. The van der Waals surface area contributed by atoms with Crippen LogP contribution in [0.15, 0.2) is 6.20 Å². The van der Waals surface area contributed by atoms with E-state index in [1.165, 1.54) is 11.3 Å². The fraction of sp³-hybridized carbons (Fsp3) is 0.545. The summed E-state index contributed by atoms with van der Waals surface area (Å²) >= 11 is 1.39. The molecular formula is C11H15N5O2S. The highest BCUT2D eigenvalue weighted by molar-refractivity contribution is 7.15. The summed E-state index contributed by atoms with van der Waals surface area (Å²) in [4.78, 5) is 32.6. The van der Waals surface area contributed by atoms with Gasteiger partial charge in [0.2, 0.25) is 11.8 Å². The van der Waals surface area contributed by atoms with E-state index < -0.39 is 0 Å². The van der Waals surface area contributed by atoms with Crippen molar-refractivity contribution in [2.24, 2.45) is 5.84 Å². The highest BCUT2D eigenvalue weighted by Crippen LogP contribution is 2.26. The molecule has 1 aromatic rings. The molecule has 2 amide bonds. The molecule has 0 aliphatic carbocycles. The van der Waals surface area contributed by atoms with Crippen LogP contribution in [0.1, 0.15) is 17.7 Å². The number of aromatic nitrogens is 1. The monoisotopic (exact) mass is 281 g/mol. The molecular weight excluding hydrogens is 266 g/mol. The first-order valence-corrected chi connectivity index (χ1v) is 7.00. The smallest absolute Gasteiger partial charge is 0.246 e. The highest BCUT2D eigenvalue weighted by atomic mass is 32.1. The van der Waals surface area contributed by atoms with Crippen molar-refractivity contribution in [2.45, 2.75) is 25.4 Å². The average Bonchev–Trinajstić information content (AvgIpc) is 3.04. The fourth-order valence-electron chi connectivity index (χ4n) is 2.63. The van der Waals surface area contributed by atoms with E-state index in [0.717, 1.165) is 17.7 Å². The Morgan fingerprint density at radius 3 is 3.11 bits per heavy atom. The number of hydrazine groups is 1. The van der Waals surface area contributed by atoms with Crippen LogP contribution in [-0.2, 0) is 16.1 Å². The Bertz CT molecular complexity index is 517. The number of hydrogen-bond donors (Lipinski definition) is 2. The molecule has 3 N–H and O–H groups in total. The summed E-state index contributed by atoms with van der Waals surface area (Å²) in [5.74, 6) is 5.37. The minimum absolute atomic E-state index is 0.0452. The van der Waals surface area contributed by atoms with E-state index in [2.05, 4.69) is 10.4 Å². The lowest BCUT2D eigenvalue weighted by atomic mass is 10.1. The van der Waals surface area contributed by atoms with Crippen LogP contribution >= 0.6 is 11.3 Å². The zero-order valence-electron chi connectivity index (χ0n) is 10.3. The van der Waals surface area contributed by atoms with Gasteiger partial charge in [-0.25, -0.2) is 10.8 Å². The van der Waals surface area contributed by atoms with Crippen molar-refractivity contribution in [3.8, 4) is 0 Å². The van der Waals surface area contributed by atoms with Crippen molar-refractivity contribution in [2.75, 3.05) is 18.5 Å². The standard InChI is InChI=1S/C11H15N5O2S/c12-14-11-13-4-7(19-11)5-15-6-9(17)16-3-1-2-8(16)10(15)18/h4,8H,1-3,5-6,12H2,(H,13,14). The SMILES string of the molecule is NNc1ncc(CN2CC(=O)N3CCCC3C2=O)s1. The Kier molecular flexibility index (Phi) is 3.11. The molecule has 2 aliphatic rings. The number of hydrogen-bond acceptors (Lipinski definition) is 6. The molecule has 0 saturated carbocycles. The Morgan fingerprint density at radius 2 is 2.37 bits per heavy atom. The van der Waals surface area contributed by atoms with Crippen LogP contribution < -0.4 is 11.3 Å². The van der Waals surface area contributed by atoms with Gasteiger partial charge in [0.25, 0.3) is 0 Å².